The van der Waals surface area contributed by atoms with Crippen molar-refractivity contribution in [2.24, 2.45) is 0 Å². The number of rotatable bonds is 8. The van der Waals surface area contributed by atoms with Crippen LogP contribution in [0, 0.1) is 12.3 Å². The van der Waals surface area contributed by atoms with E-state index in [1.807, 2.05) is 0 Å². The molecule has 4 nitrogen and oxygen atoms in total. The minimum absolute atomic E-state index is 0.226. The molecule has 0 spiro atoms. The molecule has 0 aliphatic carbocycles. The standard InChI is InChI=1S/C15H19NO3/c1-3-6-13(4-2)16-9-10-19-14-8-5-7-12(11-14)15(17)18/h1,5,7-8,11,13,16H,4,6,9-10H2,2H3,(H,17,18). The van der Waals surface area contributed by atoms with Gasteiger partial charge < -0.3 is 15.2 Å². The number of carbonyl (C=O) groups is 1. The summed E-state index contributed by atoms with van der Waals surface area (Å²) in [6.45, 7) is 3.23. The van der Waals surface area contributed by atoms with Gasteiger partial charge in [-0.2, -0.15) is 0 Å². The van der Waals surface area contributed by atoms with Crippen molar-refractivity contribution in [1.29, 1.82) is 0 Å². The van der Waals surface area contributed by atoms with E-state index in [0.29, 0.717) is 31.4 Å². The maximum Gasteiger partial charge on any atom is 0.335 e. The fourth-order valence-electron chi connectivity index (χ4n) is 1.65. The Morgan fingerprint density at radius 2 is 2.37 bits per heavy atom. The lowest BCUT2D eigenvalue weighted by atomic mass is 10.1. The van der Waals surface area contributed by atoms with E-state index in [9.17, 15) is 4.79 Å². The van der Waals surface area contributed by atoms with Crippen molar-refractivity contribution in [3.8, 4) is 18.1 Å². The molecular formula is C15H19NO3. The van der Waals surface area contributed by atoms with Crippen LogP contribution in [0.25, 0.3) is 0 Å². The maximum atomic E-state index is 10.8. The number of benzene rings is 1. The molecule has 1 aromatic rings. The molecular weight excluding hydrogens is 242 g/mol. The van der Waals surface area contributed by atoms with E-state index in [-0.39, 0.29) is 5.56 Å². The first-order chi connectivity index (χ1) is 9.17. The van der Waals surface area contributed by atoms with Crippen LogP contribution in [-0.4, -0.2) is 30.3 Å². The number of hydrogen-bond donors (Lipinski definition) is 2. The minimum atomic E-state index is -0.955. The van der Waals surface area contributed by atoms with Gasteiger partial charge in [0.1, 0.15) is 12.4 Å². The maximum absolute atomic E-state index is 10.8. The second kappa shape index (κ2) is 8.17. The zero-order chi connectivity index (χ0) is 14.1. The average molecular weight is 261 g/mol. The third-order valence-electron chi connectivity index (χ3n) is 2.74. The molecule has 102 valence electrons. The molecule has 0 bridgehead atoms. The minimum Gasteiger partial charge on any atom is -0.492 e. The summed E-state index contributed by atoms with van der Waals surface area (Å²) in [6, 6.07) is 6.76. The Balaban J connectivity index is 2.35. The third-order valence-corrected chi connectivity index (χ3v) is 2.74. The lowest BCUT2D eigenvalue weighted by Crippen LogP contribution is -2.31. The molecule has 0 fully saturated rings. The van der Waals surface area contributed by atoms with Gasteiger partial charge in [-0.05, 0) is 24.6 Å². The summed E-state index contributed by atoms with van der Waals surface area (Å²) in [5.74, 6) is 2.24. The fraction of sp³-hybridized carbons (Fsp3) is 0.400. The molecule has 19 heavy (non-hydrogen) atoms. The quantitative estimate of drug-likeness (QED) is 0.556. The Hall–Kier alpha value is -1.99. The second-order valence-corrected chi connectivity index (χ2v) is 4.15. The van der Waals surface area contributed by atoms with Gasteiger partial charge in [0.25, 0.3) is 0 Å². The van der Waals surface area contributed by atoms with Gasteiger partial charge in [-0.1, -0.05) is 13.0 Å². The lowest BCUT2D eigenvalue weighted by molar-refractivity contribution is 0.0696. The summed E-state index contributed by atoms with van der Waals surface area (Å²) >= 11 is 0. The highest BCUT2D eigenvalue weighted by molar-refractivity contribution is 5.87. The van der Waals surface area contributed by atoms with Gasteiger partial charge in [-0.25, -0.2) is 4.79 Å². The molecule has 0 saturated heterocycles. The van der Waals surface area contributed by atoms with Crippen LogP contribution in [0.4, 0.5) is 0 Å². The summed E-state index contributed by atoms with van der Waals surface area (Å²) in [5.41, 5.74) is 0.226. The first-order valence-corrected chi connectivity index (χ1v) is 6.30. The fourth-order valence-corrected chi connectivity index (χ4v) is 1.65. The smallest absolute Gasteiger partial charge is 0.335 e. The van der Waals surface area contributed by atoms with Crippen molar-refractivity contribution in [2.45, 2.75) is 25.8 Å². The zero-order valence-corrected chi connectivity index (χ0v) is 11.1. The molecule has 0 amide bonds. The molecule has 0 heterocycles. The van der Waals surface area contributed by atoms with Gasteiger partial charge in [0.05, 0.1) is 5.56 Å². The van der Waals surface area contributed by atoms with E-state index in [4.69, 9.17) is 16.3 Å². The van der Waals surface area contributed by atoms with Crippen LogP contribution in [0.1, 0.15) is 30.1 Å². The normalized spacial score (nSPS) is 11.6. The zero-order valence-electron chi connectivity index (χ0n) is 11.1. The van der Waals surface area contributed by atoms with Gasteiger partial charge in [-0.15, -0.1) is 12.3 Å². The van der Waals surface area contributed by atoms with Crippen LogP contribution in [0.3, 0.4) is 0 Å². The number of carboxylic acids is 1. The highest BCUT2D eigenvalue weighted by Crippen LogP contribution is 2.12. The highest BCUT2D eigenvalue weighted by Gasteiger charge is 2.05. The van der Waals surface area contributed by atoms with Crippen molar-refractivity contribution >= 4 is 5.97 Å². The molecule has 2 N–H and O–H groups in total. The van der Waals surface area contributed by atoms with Gasteiger partial charge in [-0.3, -0.25) is 0 Å². The summed E-state index contributed by atoms with van der Waals surface area (Å²) in [4.78, 5) is 10.8. The number of terminal acetylenes is 1. The second-order valence-electron chi connectivity index (χ2n) is 4.15. The predicted molar refractivity (Wildman–Crippen MR) is 74.4 cm³/mol. The highest BCUT2D eigenvalue weighted by atomic mass is 16.5. The molecule has 4 heteroatoms. The topological polar surface area (TPSA) is 58.6 Å². The van der Waals surface area contributed by atoms with E-state index >= 15 is 0 Å². The third kappa shape index (κ3) is 5.45. The van der Waals surface area contributed by atoms with Crippen molar-refractivity contribution in [3.63, 3.8) is 0 Å². The molecule has 0 radical (unpaired) electrons. The first kappa shape index (κ1) is 15.1. The van der Waals surface area contributed by atoms with Crippen molar-refractivity contribution in [3.05, 3.63) is 29.8 Å². The largest absolute Gasteiger partial charge is 0.492 e. The summed E-state index contributed by atoms with van der Waals surface area (Å²) < 4.78 is 5.49. The molecule has 0 aromatic heterocycles. The Morgan fingerprint density at radius 3 is 3.00 bits per heavy atom. The van der Waals surface area contributed by atoms with Gasteiger partial charge in [0.2, 0.25) is 0 Å². The number of carboxylic acid groups (broad SMARTS) is 1. The van der Waals surface area contributed by atoms with Crippen LogP contribution in [0.15, 0.2) is 24.3 Å². The number of hydrogen-bond acceptors (Lipinski definition) is 3. The lowest BCUT2D eigenvalue weighted by Gasteiger charge is -2.14. The van der Waals surface area contributed by atoms with Gasteiger partial charge >= 0.3 is 5.97 Å². The molecule has 0 aliphatic heterocycles. The first-order valence-electron chi connectivity index (χ1n) is 6.30. The van der Waals surface area contributed by atoms with Crippen LogP contribution < -0.4 is 10.1 Å². The van der Waals surface area contributed by atoms with E-state index in [0.717, 1.165) is 6.42 Å². The van der Waals surface area contributed by atoms with Crippen LogP contribution in [0.5, 0.6) is 5.75 Å². The number of aromatic carboxylic acids is 1. The summed E-state index contributed by atoms with van der Waals surface area (Å²) in [6.07, 6.45) is 6.94. The van der Waals surface area contributed by atoms with E-state index in [2.05, 4.69) is 18.2 Å². The van der Waals surface area contributed by atoms with E-state index < -0.39 is 5.97 Å². The van der Waals surface area contributed by atoms with Crippen molar-refractivity contribution in [1.82, 2.24) is 5.32 Å². The van der Waals surface area contributed by atoms with Crippen molar-refractivity contribution < 1.29 is 14.6 Å². The van der Waals surface area contributed by atoms with Crippen LogP contribution in [0.2, 0.25) is 0 Å². The van der Waals surface area contributed by atoms with Crippen LogP contribution in [-0.2, 0) is 0 Å². The summed E-state index contributed by atoms with van der Waals surface area (Å²) in [5, 5.41) is 12.2. The summed E-state index contributed by atoms with van der Waals surface area (Å²) in [7, 11) is 0. The number of nitrogens with one attached hydrogen (secondary N) is 1. The van der Waals surface area contributed by atoms with Crippen LogP contribution >= 0.6 is 0 Å². The molecule has 0 aliphatic rings. The van der Waals surface area contributed by atoms with E-state index in [1.165, 1.54) is 12.1 Å². The monoisotopic (exact) mass is 261 g/mol. The molecule has 1 rings (SSSR count). The molecule has 1 atom stereocenters. The average Bonchev–Trinajstić information content (AvgIpc) is 2.42. The molecule has 1 aromatic carbocycles. The Bertz CT molecular complexity index is 451. The van der Waals surface area contributed by atoms with Crippen molar-refractivity contribution in [2.75, 3.05) is 13.2 Å². The Labute approximate surface area is 113 Å². The van der Waals surface area contributed by atoms with E-state index in [1.54, 1.807) is 12.1 Å². The molecule has 0 saturated carbocycles. The van der Waals surface area contributed by atoms with Gasteiger partial charge in [0, 0.05) is 19.0 Å². The Kier molecular flexibility index (Phi) is 6.48. The predicted octanol–water partition coefficient (Wildman–Crippen LogP) is 2.16. The van der Waals surface area contributed by atoms with Gasteiger partial charge in [0.15, 0.2) is 0 Å². The molecule has 1 unspecified atom stereocenters. The Morgan fingerprint density at radius 1 is 1.58 bits per heavy atom. The number of ether oxygens (including phenoxy) is 1. The SMILES string of the molecule is C#CCC(CC)NCCOc1cccc(C(=O)O)c1.